The second-order valence-corrected chi connectivity index (χ2v) is 5.69. The number of aliphatic carboxylic acids is 1. The molecule has 0 spiro atoms. The summed E-state index contributed by atoms with van der Waals surface area (Å²) in [5.41, 5.74) is 4.74. The first kappa shape index (κ1) is 15.3. The van der Waals surface area contributed by atoms with Crippen LogP contribution in [0.15, 0.2) is 11.3 Å². The van der Waals surface area contributed by atoms with Crippen LogP contribution in [0.25, 0.3) is 0 Å². The fraction of sp³-hybridized carbons (Fsp3) is 0.786. The third kappa shape index (κ3) is 3.31. The number of carboxylic acid groups (broad SMARTS) is 1. The monoisotopic (exact) mass is 285 g/mol. The van der Waals surface area contributed by atoms with Crippen LogP contribution in [0.4, 0.5) is 0 Å². The molecule has 4 N–H and O–H groups in total. The van der Waals surface area contributed by atoms with Crippen molar-refractivity contribution in [3.05, 3.63) is 11.3 Å². The minimum Gasteiger partial charge on any atom is -0.479 e. The third-order valence-electron chi connectivity index (χ3n) is 4.37. The quantitative estimate of drug-likeness (QED) is 0.492. The van der Waals surface area contributed by atoms with Crippen LogP contribution in [-0.4, -0.2) is 40.1 Å². The van der Waals surface area contributed by atoms with Crippen LogP contribution in [0, 0.1) is 11.8 Å². The van der Waals surface area contributed by atoms with Gasteiger partial charge >= 0.3 is 5.97 Å². The lowest BCUT2D eigenvalue weighted by Crippen LogP contribution is -2.32. The molecule has 0 saturated heterocycles. The normalized spacial score (nSPS) is 29.9. The maximum Gasteiger partial charge on any atom is 0.332 e. The van der Waals surface area contributed by atoms with E-state index in [1.165, 1.54) is 0 Å². The third-order valence-corrected chi connectivity index (χ3v) is 4.37. The van der Waals surface area contributed by atoms with Crippen LogP contribution in [0.2, 0.25) is 0 Å². The van der Waals surface area contributed by atoms with E-state index >= 15 is 0 Å². The van der Waals surface area contributed by atoms with Gasteiger partial charge in [0.15, 0.2) is 6.61 Å². The van der Waals surface area contributed by atoms with Crippen molar-refractivity contribution in [3.8, 4) is 0 Å². The number of allylic oxidation sites excluding steroid dienone is 1. The highest BCUT2D eigenvalue weighted by Crippen LogP contribution is 2.49. The summed E-state index contributed by atoms with van der Waals surface area (Å²) in [6.07, 6.45) is 3.16. The van der Waals surface area contributed by atoms with E-state index in [0.29, 0.717) is 6.42 Å². The molecule has 0 radical (unpaired) electrons. The highest BCUT2D eigenvalue weighted by atomic mass is 16.7. The number of hydroxylamine groups is 1. The summed E-state index contributed by atoms with van der Waals surface area (Å²) in [4.78, 5) is 15.2. The summed E-state index contributed by atoms with van der Waals surface area (Å²) in [5.74, 6) is -0.651. The van der Waals surface area contributed by atoms with Crippen LogP contribution >= 0.6 is 0 Å². The number of fused-ring (bicyclic) bond motifs is 1. The minimum absolute atomic E-state index is 0.176. The van der Waals surface area contributed by atoms with E-state index in [0.717, 1.165) is 37.0 Å². The first-order chi connectivity index (χ1) is 9.52. The Labute approximate surface area is 118 Å². The zero-order chi connectivity index (χ0) is 14.7. The van der Waals surface area contributed by atoms with Gasteiger partial charge < -0.3 is 15.3 Å². The second-order valence-electron chi connectivity index (χ2n) is 5.69. The van der Waals surface area contributed by atoms with Gasteiger partial charge in [-0.25, -0.2) is 4.79 Å². The van der Waals surface area contributed by atoms with Crippen molar-refractivity contribution < 1.29 is 25.0 Å². The first-order valence-corrected chi connectivity index (χ1v) is 7.20. The van der Waals surface area contributed by atoms with Crippen LogP contribution in [-0.2, 0) is 9.63 Å². The highest BCUT2D eigenvalue weighted by Gasteiger charge is 2.45. The topological polar surface area (TPSA) is 99.0 Å². The summed E-state index contributed by atoms with van der Waals surface area (Å²) < 4.78 is 0. The van der Waals surface area contributed by atoms with Crippen LogP contribution < -0.4 is 5.48 Å². The molecule has 0 aromatic rings. The largest absolute Gasteiger partial charge is 0.479 e. The lowest BCUT2D eigenvalue weighted by Gasteiger charge is -2.30. The van der Waals surface area contributed by atoms with Gasteiger partial charge in [0.2, 0.25) is 0 Å². The molecule has 2 rings (SSSR count). The number of hydrogen-bond acceptors (Lipinski definition) is 5. The van der Waals surface area contributed by atoms with Crippen molar-refractivity contribution in [1.82, 2.24) is 5.48 Å². The van der Waals surface area contributed by atoms with Gasteiger partial charge in [-0.1, -0.05) is 6.92 Å². The summed E-state index contributed by atoms with van der Waals surface area (Å²) in [6, 6.07) is 0. The predicted molar refractivity (Wildman–Crippen MR) is 71.5 cm³/mol. The van der Waals surface area contributed by atoms with Gasteiger partial charge in [-0.15, -0.1) is 0 Å². The lowest BCUT2D eigenvalue weighted by atomic mass is 9.83. The number of carbonyl (C=O) groups is 1. The van der Waals surface area contributed by atoms with E-state index in [9.17, 15) is 15.0 Å². The maximum atomic E-state index is 10.4. The molecule has 20 heavy (non-hydrogen) atoms. The number of hydrogen-bond donors (Lipinski definition) is 4. The molecule has 6 nitrogen and oxygen atoms in total. The maximum absolute atomic E-state index is 10.4. The minimum atomic E-state index is -1.02. The summed E-state index contributed by atoms with van der Waals surface area (Å²) in [7, 11) is 0. The van der Waals surface area contributed by atoms with Crippen molar-refractivity contribution >= 4 is 5.97 Å². The van der Waals surface area contributed by atoms with E-state index in [-0.39, 0.29) is 30.7 Å². The Morgan fingerprint density at radius 1 is 1.50 bits per heavy atom. The molecule has 6 heteroatoms. The molecule has 0 aliphatic heterocycles. The Balaban J connectivity index is 1.81. The smallest absolute Gasteiger partial charge is 0.332 e. The molecular weight excluding hydrogens is 262 g/mol. The Morgan fingerprint density at radius 2 is 2.25 bits per heavy atom. The van der Waals surface area contributed by atoms with Crippen molar-refractivity contribution in [2.45, 2.75) is 51.2 Å². The fourth-order valence-electron chi connectivity index (χ4n) is 3.08. The van der Waals surface area contributed by atoms with Crippen molar-refractivity contribution in [2.24, 2.45) is 11.8 Å². The summed E-state index contributed by atoms with van der Waals surface area (Å²) in [5, 5.41) is 28.3. The molecule has 4 atom stereocenters. The average Bonchev–Trinajstić information content (AvgIpc) is 2.63. The van der Waals surface area contributed by atoms with Crippen LogP contribution in [0.3, 0.4) is 0 Å². The van der Waals surface area contributed by atoms with Gasteiger partial charge in [-0.3, -0.25) is 10.3 Å². The van der Waals surface area contributed by atoms with Crippen molar-refractivity contribution in [2.75, 3.05) is 6.61 Å². The number of nitrogens with one attached hydrogen (secondary N) is 1. The Kier molecular flexibility index (Phi) is 5.01. The molecule has 0 amide bonds. The number of rotatable bonds is 8. The van der Waals surface area contributed by atoms with Gasteiger partial charge in [-0.05, 0) is 43.6 Å². The predicted octanol–water partition coefficient (Wildman–Crippen LogP) is 0.798. The Hall–Kier alpha value is -1.11. The molecule has 114 valence electrons. The zero-order valence-electron chi connectivity index (χ0n) is 11.7. The van der Waals surface area contributed by atoms with E-state index in [2.05, 4.69) is 5.48 Å². The lowest BCUT2D eigenvalue weighted by molar-refractivity contribution is -0.144. The van der Waals surface area contributed by atoms with E-state index in [1.807, 2.05) is 6.92 Å². The van der Waals surface area contributed by atoms with E-state index in [1.54, 1.807) is 0 Å². The van der Waals surface area contributed by atoms with E-state index in [4.69, 9.17) is 9.94 Å². The van der Waals surface area contributed by atoms with Crippen molar-refractivity contribution in [3.63, 3.8) is 0 Å². The Morgan fingerprint density at radius 3 is 2.90 bits per heavy atom. The number of aliphatic hydroxyl groups excluding tert-OH is 2. The molecule has 0 heterocycles. The molecule has 1 fully saturated rings. The van der Waals surface area contributed by atoms with Gasteiger partial charge in [0.25, 0.3) is 0 Å². The molecule has 1 saturated carbocycles. The molecule has 4 unspecified atom stereocenters. The molecule has 0 aromatic carbocycles. The molecule has 0 bridgehead atoms. The number of aliphatic hydroxyl groups is 2. The average molecular weight is 285 g/mol. The van der Waals surface area contributed by atoms with E-state index < -0.39 is 5.97 Å². The summed E-state index contributed by atoms with van der Waals surface area (Å²) >= 11 is 0. The highest BCUT2D eigenvalue weighted by molar-refractivity contribution is 5.67. The van der Waals surface area contributed by atoms with Crippen LogP contribution in [0.1, 0.15) is 39.0 Å². The first-order valence-electron chi connectivity index (χ1n) is 7.20. The standard InChI is InChI=1S/C14H23NO5/c1-2-9(16)4-3-8-5-10-11(14(8)19)6-12(10)15-20-7-13(17)18/h8-9,11,14-16,19H,2-7H2,1H3,(H,17,18). The molecular formula is C14H23NO5. The van der Waals surface area contributed by atoms with Gasteiger partial charge in [-0.2, -0.15) is 0 Å². The van der Waals surface area contributed by atoms with Gasteiger partial charge in [0, 0.05) is 11.6 Å². The molecule has 2 aliphatic carbocycles. The second kappa shape index (κ2) is 6.56. The molecule has 0 aromatic heterocycles. The van der Waals surface area contributed by atoms with Gasteiger partial charge in [0.05, 0.1) is 12.2 Å². The fourth-order valence-corrected chi connectivity index (χ4v) is 3.08. The van der Waals surface area contributed by atoms with Crippen LogP contribution in [0.5, 0.6) is 0 Å². The summed E-state index contributed by atoms with van der Waals surface area (Å²) in [6.45, 7) is 1.57. The molecule has 2 aliphatic rings. The number of carboxylic acids is 1. The SMILES string of the molecule is CCC(O)CCC1CC2=C(NOCC(=O)O)CC2C1O. The zero-order valence-corrected chi connectivity index (χ0v) is 11.7. The Bertz CT molecular complexity index is 395. The van der Waals surface area contributed by atoms with Gasteiger partial charge in [0.1, 0.15) is 0 Å². The van der Waals surface area contributed by atoms with Crippen molar-refractivity contribution in [1.29, 1.82) is 0 Å².